The van der Waals surface area contributed by atoms with Crippen LogP contribution in [0.1, 0.15) is 26.7 Å². The Morgan fingerprint density at radius 1 is 1.41 bits per heavy atom. The van der Waals surface area contributed by atoms with Crippen LogP contribution in [-0.2, 0) is 0 Å². The van der Waals surface area contributed by atoms with Crippen LogP contribution in [-0.4, -0.2) is 33.8 Å². The van der Waals surface area contributed by atoms with E-state index in [1.165, 1.54) is 0 Å². The normalized spacial score (nSPS) is 18.5. The van der Waals surface area contributed by atoms with Crippen LogP contribution in [0.15, 0.2) is 12.3 Å². The van der Waals surface area contributed by atoms with Gasteiger partial charge in [0.1, 0.15) is 5.82 Å². The first kappa shape index (κ1) is 12.6. The SMILES string of the molecule is CC(C)(O)C1CCN(c2ccnc(Cl)n2)CC1. The molecule has 0 aliphatic carbocycles. The molecular formula is C12H18ClN3O. The van der Waals surface area contributed by atoms with E-state index in [1.54, 1.807) is 6.20 Å². The van der Waals surface area contributed by atoms with Gasteiger partial charge in [0.05, 0.1) is 5.60 Å². The Hall–Kier alpha value is -0.870. The number of hydrogen-bond donors (Lipinski definition) is 1. The molecule has 17 heavy (non-hydrogen) atoms. The number of aromatic nitrogens is 2. The average molecular weight is 256 g/mol. The lowest BCUT2D eigenvalue weighted by atomic mass is 9.83. The Morgan fingerprint density at radius 2 is 2.06 bits per heavy atom. The first-order valence-corrected chi connectivity index (χ1v) is 6.30. The van der Waals surface area contributed by atoms with Crippen LogP contribution < -0.4 is 4.90 Å². The lowest BCUT2D eigenvalue weighted by molar-refractivity contribution is 0.00646. The average Bonchev–Trinajstić information content (AvgIpc) is 2.28. The molecule has 0 bridgehead atoms. The molecule has 1 saturated heterocycles. The van der Waals surface area contributed by atoms with Gasteiger partial charge in [-0.15, -0.1) is 0 Å². The zero-order valence-corrected chi connectivity index (χ0v) is 11.0. The van der Waals surface area contributed by atoms with Crippen molar-refractivity contribution in [3.63, 3.8) is 0 Å². The van der Waals surface area contributed by atoms with Crippen molar-refractivity contribution in [2.45, 2.75) is 32.3 Å². The van der Waals surface area contributed by atoms with Gasteiger partial charge in [0.15, 0.2) is 0 Å². The van der Waals surface area contributed by atoms with Gasteiger partial charge >= 0.3 is 0 Å². The summed E-state index contributed by atoms with van der Waals surface area (Å²) >= 11 is 5.78. The molecular weight excluding hydrogens is 238 g/mol. The summed E-state index contributed by atoms with van der Waals surface area (Å²) in [6.07, 6.45) is 3.63. The Labute approximate surface area is 107 Å². The summed E-state index contributed by atoms with van der Waals surface area (Å²) < 4.78 is 0. The van der Waals surface area contributed by atoms with Gasteiger partial charge in [0.25, 0.3) is 0 Å². The highest BCUT2D eigenvalue weighted by atomic mass is 35.5. The van der Waals surface area contributed by atoms with Crippen molar-refractivity contribution in [2.75, 3.05) is 18.0 Å². The van der Waals surface area contributed by atoms with Crippen molar-refractivity contribution in [3.8, 4) is 0 Å². The second-order valence-electron chi connectivity index (χ2n) is 5.10. The predicted molar refractivity (Wildman–Crippen MR) is 68.3 cm³/mol. The zero-order chi connectivity index (χ0) is 12.5. The van der Waals surface area contributed by atoms with E-state index in [-0.39, 0.29) is 5.28 Å². The molecule has 0 aromatic carbocycles. The molecule has 0 atom stereocenters. The lowest BCUT2D eigenvalue weighted by Crippen LogP contribution is -2.42. The summed E-state index contributed by atoms with van der Waals surface area (Å²) in [5.41, 5.74) is -0.588. The van der Waals surface area contributed by atoms with E-state index >= 15 is 0 Å². The summed E-state index contributed by atoms with van der Waals surface area (Å²) in [6.45, 7) is 5.58. The molecule has 0 unspecified atom stereocenters. The standard InChI is InChI=1S/C12H18ClN3O/c1-12(2,17)9-4-7-16(8-5-9)10-3-6-14-11(13)15-10/h3,6,9,17H,4-5,7-8H2,1-2H3. The second kappa shape index (κ2) is 4.78. The second-order valence-corrected chi connectivity index (χ2v) is 5.44. The summed E-state index contributed by atoms with van der Waals surface area (Å²) in [7, 11) is 0. The molecule has 1 fully saturated rings. The van der Waals surface area contributed by atoms with Gasteiger partial charge in [-0.1, -0.05) is 0 Å². The molecule has 0 spiro atoms. The maximum absolute atomic E-state index is 9.98. The third kappa shape index (κ3) is 3.07. The molecule has 1 aromatic rings. The molecule has 1 aliphatic rings. The number of rotatable bonds is 2. The van der Waals surface area contributed by atoms with Gasteiger partial charge in [0, 0.05) is 19.3 Å². The first-order valence-electron chi connectivity index (χ1n) is 5.92. The molecule has 0 amide bonds. The predicted octanol–water partition coefficient (Wildman–Crippen LogP) is 2.12. The van der Waals surface area contributed by atoms with Gasteiger partial charge in [-0.3, -0.25) is 0 Å². The van der Waals surface area contributed by atoms with Crippen LogP contribution in [0.5, 0.6) is 0 Å². The summed E-state index contributed by atoms with van der Waals surface area (Å²) in [6, 6.07) is 1.87. The fraction of sp³-hybridized carbons (Fsp3) is 0.667. The Kier molecular flexibility index (Phi) is 3.54. The number of piperidine rings is 1. The molecule has 2 rings (SSSR count). The fourth-order valence-electron chi connectivity index (χ4n) is 2.32. The molecule has 1 aliphatic heterocycles. The fourth-order valence-corrected chi connectivity index (χ4v) is 2.46. The number of halogens is 1. The molecule has 1 N–H and O–H groups in total. The minimum atomic E-state index is -0.588. The first-order chi connectivity index (χ1) is 7.97. The van der Waals surface area contributed by atoms with Crippen molar-refractivity contribution in [3.05, 3.63) is 17.5 Å². The van der Waals surface area contributed by atoms with E-state index in [4.69, 9.17) is 11.6 Å². The molecule has 0 radical (unpaired) electrons. The van der Waals surface area contributed by atoms with E-state index in [0.29, 0.717) is 5.92 Å². The van der Waals surface area contributed by atoms with Gasteiger partial charge < -0.3 is 10.0 Å². The number of nitrogens with zero attached hydrogens (tertiary/aromatic N) is 3. The van der Waals surface area contributed by atoms with Crippen LogP contribution in [0.3, 0.4) is 0 Å². The molecule has 94 valence electrons. The van der Waals surface area contributed by atoms with Crippen LogP contribution in [0.2, 0.25) is 5.28 Å². The third-order valence-corrected chi connectivity index (χ3v) is 3.61. The monoisotopic (exact) mass is 255 g/mol. The van der Waals surface area contributed by atoms with Crippen LogP contribution in [0.4, 0.5) is 5.82 Å². The lowest BCUT2D eigenvalue weighted by Gasteiger charge is -2.38. The zero-order valence-electron chi connectivity index (χ0n) is 10.2. The summed E-state index contributed by atoms with van der Waals surface area (Å²) in [4.78, 5) is 10.3. The van der Waals surface area contributed by atoms with Crippen molar-refractivity contribution < 1.29 is 5.11 Å². The van der Waals surface area contributed by atoms with Gasteiger partial charge in [0.2, 0.25) is 5.28 Å². The molecule has 2 heterocycles. The van der Waals surface area contributed by atoms with Crippen molar-refractivity contribution in [2.24, 2.45) is 5.92 Å². The maximum atomic E-state index is 9.98. The Balaban J connectivity index is 2.00. The maximum Gasteiger partial charge on any atom is 0.224 e. The van der Waals surface area contributed by atoms with Crippen LogP contribution in [0.25, 0.3) is 0 Å². The Bertz CT molecular complexity index is 384. The number of aliphatic hydroxyl groups is 1. The van der Waals surface area contributed by atoms with Gasteiger partial charge in [-0.2, -0.15) is 0 Å². The third-order valence-electron chi connectivity index (χ3n) is 3.43. The molecule has 4 nitrogen and oxygen atoms in total. The largest absolute Gasteiger partial charge is 0.390 e. The number of anilines is 1. The van der Waals surface area contributed by atoms with Crippen molar-refractivity contribution in [1.29, 1.82) is 0 Å². The topological polar surface area (TPSA) is 49.2 Å². The van der Waals surface area contributed by atoms with E-state index in [2.05, 4.69) is 14.9 Å². The van der Waals surface area contributed by atoms with Crippen molar-refractivity contribution in [1.82, 2.24) is 9.97 Å². The molecule has 5 heteroatoms. The van der Waals surface area contributed by atoms with Gasteiger partial charge in [-0.05, 0) is 50.3 Å². The highest BCUT2D eigenvalue weighted by Crippen LogP contribution is 2.29. The summed E-state index contributed by atoms with van der Waals surface area (Å²) in [5, 5.41) is 10.3. The van der Waals surface area contributed by atoms with E-state index < -0.39 is 5.60 Å². The van der Waals surface area contributed by atoms with Crippen LogP contribution >= 0.6 is 11.6 Å². The highest BCUT2D eigenvalue weighted by Gasteiger charge is 2.30. The Morgan fingerprint density at radius 3 is 2.59 bits per heavy atom. The number of hydrogen-bond acceptors (Lipinski definition) is 4. The van der Waals surface area contributed by atoms with E-state index in [0.717, 1.165) is 31.7 Å². The summed E-state index contributed by atoms with van der Waals surface area (Å²) in [5.74, 6) is 1.23. The van der Waals surface area contributed by atoms with Gasteiger partial charge in [-0.25, -0.2) is 9.97 Å². The molecule has 1 aromatic heterocycles. The van der Waals surface area contributed by atoms with E-state index in [1.807, 2.05) is 19.9 Å². The quantitative estimate of drug-likeness (QED) is 0.823. The minimum absolute atomic E-state index is 0.284. The van der Waals surface area contributed by atoms with Crippen LogP contribution in [0, 0.1) is 5.92 Å². The smallest absolute Gasteiger partial charge is 0.224 e. The minimum Gasteiger partial charge on any atom is -0.390 e. The van der Waals surface area contributed by atoms with Crippen molar-refractivity contribution >= 4 is 17.4 Å². The molecule has 0 saturated carbocycles. The highest BCUT2D eigenvalue weighted by molar-refractivity contribution is 6.28. The van der Waals surface area contributed by atoms with E-state index in [9.17, 15) is 5.11 Å².